The highest BCUT2D eigenvalue weighted by molar-refractivity contribution is 7.98. The van der Waals surface area contributed by atoms with Gasteiger partial charge in [-0.25, -0.2) is 4.79 Å². The zero-order chi connectivity index (χ0) is 51.6. The van der Waals surface area contributed by atoms with Crippen LogP contribution in [0.2, 0.25) is 0 Å². The number of primary amides is 2. The van der Waals surface area contributed by atoms with Gasteiger partial charge in [-0.15, -0.1) is 0 Å². The van der Waals surface area contributed by atoms with Gasteiger partial charge in [0.1, 0.15) is 42.3 Å². The fourth-order valence-electron chi connectivity index (χ4n) is 7.35. The van der Waals surface area contributed by atoms with Crippen LogP contribution in [-0.2, 0) is 57.5 Å². The van der Waals surface area contributed by atoms with E-state index < -0.39 is 163 Å². The molecule has 0 unspecified atom stereocenters. The number of likely N-dealkylation sites (tertiary alicyclic amines) is 2. The Kier molecular flexibility index (Phi) is 23.6. The maximum absolute atomic E-state index is 14.0. The van der Waals surface area contributed by atoms with E-state index in [1.807, 2.05) is 0 Å². The molecule has 0 aromatic heterocycles. The summed E-state index contributed by atoms with van der Waals surface area (Å²) in [6.07, 6.45) is -3.03. The van der Waals surface area contributed by atoms with Crippen molar-refractivity contribution in [1.82, 2.24) is 41.7 Å². The minimum absolute atomic E-state index is 0.00424. The van der Waals surface area contributed by atoms with Crippen molar-refractivity contribution < 1.29 is 78.0 Å². The zero-order valence-corrected chi connectivity index (χ0v) is 39.1. The number of rotatable bonds is 28. The molecule has 68 heavy (non-hydrogen) atoms. The third kappa shape index (κ3) is 18.2. The number of amides is 10. The van der Waals surface area contributed by atoms with Gasteiger partial charge >= 0.3 is 11.9 Å². The molecule has 0 aliphatic carbocycles. The molecule has 2 rings (SSSR count). The summed E-state index contributed by atoms with van der Waals surface area (Å²) in [6.45, 7) is 3.07. The van der Waals surface area contributed by atoms with E-state index >= 15 is 0 Å². The predicted molar refractivity (Wildman–Crippen MR) is 238 cm³/mol. The van der Waals surface area contributed by atoms with Gasteiger partial charge in [-0.3, -0.25) is 52.7 Å². The summed E-state index contributed by atoms with van der Waals surface area (Å²) in [5.41, 5.74) is 16.3. The first-order valence-electron chi connectivity index (χ1n) is 21.8. The molecule has 2 heterocycles. The number of nitrogens with one attached hydrogen (secondary N) is 6. The number of nitrogens with zero attached hydrogens (tertiary/aromatic N) is 2. The van der Waals surface area contributed by atoms with E-state index in [-0.39, 0.29) is 45.1 Å². The molecule has 27 nitrogen and oxygen atoms in total. The van der Waals surface area contributed by atoms with Gasteiger partial charge in [0.05, 0.1) is 31.2 Å². The molecular formula is C40H65N11O16S. The minimum Gasteiger partial charge on any atom is -0.481 e. The van der Waals surface area contributed by atoms with Crippen molar-refractivity contribution in [1.29, 1.82) is 0 Å². The first-order chi connectivity index (χ1) is 31.8. The summed E-state index contributed by atoms with van der Waals surface area (Å²) in [4.78, 5) is 155. The van der Waals surface area contributed by atoms with E-state index in [0.29, 0.717) is 12.2 Å². The van der Waals surface area contributed by atoms with E-state index in [4.69, 9.17) is 22.3 Å². The fraction of sp³-hybridized carbons (Fsp3) is 0.700. The maximum atomic E-state index is 14.0. The summed E-state index contributed by atoms with van der Waals surface area (Å²) in [6, 6.07) is -11.5. The minimum atomic E-state index is -1.74. The molecule has 2 fully saturated rings. The Balaban J connectivity index is 2.22. The quantitative estimate of drug-likeness (QED) is 0.0347. The van der Waals surface area contributed by atoms with Crippen LogP contribution in [0.1, 0.15) is 78.6 Å². The number of hydrogen-bond donors (Lipinski definition) is 13. The monoisotopic (exact) mass is 987 g/mol. The van der Waals surface area contributed by atoms with Gasteiger partial charge < -0.3 is 79.3 Å². The van der Waals surface area contributed by atoms with E-state index in [1.165, 1.54) is 18.7 Å². The van der Waals surface area contributed by atoms with Crippen molar-refractivity contribution in [3.05, 3.63) is 0 Å². The van der Waals surface area contributed by atoms with E-state index in [9.17, 15) is 72.9 Å². The lowest BCUT2D eigenvalue weighted by Crippen LogP contribution is -2.62. The summed E-state index contributed by atoms with van der Waals surface area (Å²) < 4.78 is 0. The third-order valence-electron chi connectivity index (χ3n) is 11.0. The van der Waals surface area contributed by atoms with E-state index in [2.05, 4.69) is 31.9 Å². The van der Waals surface area contributed by atoms with Crippen LogP contribution in [0.5, 0.6) is 0 Å². The number of β-amino-alcohol motifs (C(OH)–C–C–N with tert-alkyl or cyclic N) is 1. The van der Waals surface area contributed by atoms with Crippen molar-refractivity contribution in [3.63, 3.8) is 0 Å². The van der Waals surface area contributed by atoms with Crippen LogP contribution in [0.15, 0.2) is 0 Å². The van der Waals surface area contributed by atoms with Crippen LogP contribution < -0.4 is 49.1 Å². The molecule has 16 N–H and O–H groups in total. The molecule has 0 spiro atoms. The standard InChI is InChI=1S/C40H65N11O16S/c1-18(2)31(37(63)47-24(15-28(43)55)38(64)51-17-20(53)14-26(51)35(61)44-16-29(56)45-23(40(66)67)8-9-27(42)54)48-36(62)25-6-5-12-50(25)39(65)32(19(3)52)49-34(60)22(11-13-68-4)46-33(59)21(41)7-10-30(57)58/h18-26,31-32,52-53H,5-17,41H2,1-4H3,(H2,42,54)(H2,43,55)(H,44,61)(H,45,56)(H,46,59)(H,47,63)(H,48,62)(H,49,60)(H,57,58)(H,66,67)/t19-,20-,21+,22+,23+,24+,25+,26+,31+,32+/m1/s1. The molecule has 28 heteroatoms. The topological polar surface area (TPSA) is 442 Å². The fourth-order valence-corrected chi connectivity index (χ4v) is 7.82. The highest BCUT2D eigenvalue weighted by Crippen LogP contribution is 2.22. The van der Waals surface area contributed by atoms with Crippen molar-refractivity contribution in [2.45, 2.75) is 139 Å². The molecule has 2 aliphatic rings. The second-order valence-electron chi connectivity index (χ2n) is 16.8. The molecule has 10 atom stereocenters. The normalized spacial score (nSPS) is 19.8. The molecule has 10 amide bonds. The Morgan fingerprint density at radius 1 is 0.706 bits per heavy atom. The van der Waals surface area contributed by atoms with Crippen molar-refractivity contribution >= 4 is 82.8 Å². The van der Waals surface area contributed by atoms with Crippen LogP contribution in [0.3, 0.4) is 0 Å². The number of carbonyl (C=O) groups excluding carboxylic acids is 10. The van der Waals surface area contributed by atoms with Crippen LogP contribution in [0.4, 0.5) is 0 Å². The van der Waals surface area contributed by atoms with Gasteiger partial charge in [-0.1, -0.05) is 13.8 Å². The number of hydrogen-bond acceptors (Lipinski definition) is 16. The van der Waals surface area contributed by atoms with E-state index in [1.54, 1.807) is 20.1 Å². The Hall–Kier alpha value is -6.13. The molecule has 2 saturated heterocycles. The Morgan fingerprint density at radius 2 is 1.35 bits per heavy atom. The number of aliphatic hydroxyl groups excluding tert-OH is 2. The van der Waals surface area contributed by atoms with Gasteiger partial charge in [-0.05, 0) is 57.0 Å². The lowest BCUT2D eigenvalue weighted by molar-refractivity contribution is -0.145. The summed E-state index contributed by atoms with van der Waals surface area (Å²) in [5.74, 6) is -12.2. The first-order valence-corrected chi connectivity index (χ1v) is 23.2. The lowest BCUT2D eigenvalue weighted by Gasteiger charge is -2.32. The Labute approximate surface area is 395 Å². The molecule has 0 bridgehead atoms. The SMILES string of the molecule is CSCC[C@H](NC(=O)[C@@H](N)CCC(=O)O)C(=O)N[C@H](C(=O)N1CCC[C@H]1C(=O)N[C@H](C(=O)N[C@@H](CC(N)=O)C(=O)N1C[C@H](O)C[C@H]1C(=O)NCC(=O)N[C@@H](CCC(N)=O)C(=O)O)C(C)C)[C@@H](C)O. The zero-order valence-electron chi connectivity index (χ0n) is 38.3. The number of aliphatic hydroxyl groups is 2. The van der Waals surface area contributed by atoms with Gasteiger partial charge in [0.25, 0.3) is 0 Å². The molecular weight excluding hydrogens is 923 g/mol. The number of aliphatic carboxylic acids is 2. The van der Waals surface area contributed by atoms with Crippen LogP contribution >= 0.6 is 11.8 Å². The number of carboxylic acid groups (broad SMARTS) is 2. The molecule has 2 aliphatic heterocycles. The molecule has 0 aromatic carbocycles. The van der Waals surface area contributed by atoms with Gasteiger partial charge in [0, 0.05) is 32.4 Å². The van der Waals surface area contributed by atoms with Gasteiger partial charge in [0.15, 0.2) is 0 Å². The third-order valence-corrected chi connectivity index (χ3v) is 11.6. The predicted octanol–water partition coefficient (Wildman–Crippen LogP) is -6.31. The Morgan fingerprint density at radius 3 is 1.91 bits per heavy atom. The highest BCUT2D eigenvalue weighted by Gasteiger charge is 2.44. The van der Waals surface area contributed by atoms with Crippen molar-refractivity contribution in [3.8, 4) is 0 Å². The van der Waals surface area contributed by atoms with Crippen LogP contribution in [-0.4, -0.2) is 193 Å². The number of carboxylic acids is 2. The Bertz CT molecular complexity index is 1890. The molecule has 0 radical (unpaired) electrons. The van der Waals surface area contributed by atoms with Crippen molar-refractivity contribution in [2.24, 2.45) is 23.1 Å². The highest BCUT2D eigenvalue weighted by atomic mass is 32.2. The summed E-state index contributed by atoms with van der Waals surface area (Å²) in [5, 5.41) is 53.7. The first kappa shape index (κ1) is 58.0. The number of nitrogens with two attached hydrogens (primary N) is 3. The summed E-state index contributed by atoms with van der Waals surface area (Å²) >= 11 is 1.35. The van der Waals surface area contributed by atoms with Gasteiger partial charge in [0.2, 0.25) is 59.1 Å². The van der Waals surface area contributed by atoms with Gasteiger partial charge in [-0.2, -0.15) is 11.8 Å². The average Bonchev–Trinajstić information content (AvgIpc) is 3.91. The van der Waals surface area contributed by atoms with E-state index in [0.717, 1.165) is 9.80 Å². The largest absolute Gasteiger partial charge is 0.481 e. The average molecular weight is 988 g/mol. The number of carbonyl (C=O) groups is 12. The lowest BCUT2D eigenvalue weighted by atomic mass is 10.0. The molecule has 382 valence electrons. The second-order valence-corrected chi connectivity index (χ2v) is 17.8. The molecule has 0 saturated carbocycles. The van der Waals surface area contributed by atoms with Crippen molar-refractivity contribution in [2.75, 3.05) is 31.6 Å². The van der Waals surface area contributed by atoms with Crippen LogP contribution in [0, 0.1) is 5.92 Å². The molecule has 0 aromatic rings. The summed E-state index contributed by atoms with van der Waals surface area (Å²) in [7, 11) is 0. The number of thioether (sulfide) groups is 1. The second kappa shape index (κ2) is 27.6. The smallest absolute Gasteiger partial charge is 0.326 e. The van der Waals surface area contributed by atoms with Crippen LogP contribution in [0.25, 0.3) is 0 Å². The maximum Gasteiger partial charge on any atom is 0.326 e.